The largest absolute Gasteiger partial charge is 1.00 e. The van der Waals surface area contributed by atoms with Crippen molar-refractivity contribution in [3.05, 3.63) is 10.6 Å². The Morgan fingerprint density at radius 3 is 2.12 bits per heavy atom. The van der Waals surface area contributed by atoms with Crippen molar-refractivity contribution < 1.29 is 37.6 Å². The molecule has 2 nitrogen and oxygen atoms in total. The van der Waals surface area contributed by atoms with Crippen LogP contribution in [0.15, 0.2) is 10.6 Å². The molecule has 0 aromatic rings. The van der Waals surface area contributed by atoms with Crippen molar-refractivity contribution in [1.82, 2.24) is 0 Å². The van der Waals surface area contributed by atoms with E-state index in [1.165, 1.54) is 6.08 Å². The molecule has 0 amide bonds. The Bertz CT molecular complexity index is 111. The molecule has 0 saturated heterocycles. The molecule has 0 aromatic heterocycles. The van der Waals surface area contributed by atoms with E-state index in [0.29, 0.717) is 0 Å². The maximum Gasteiger partial charge on any atom is 1.00 e. The van der Waals surface area contributed by atoms with Gasteiger partial charge in [-0.3, -0.25) is 0 Å². The molecule has 0 aliphatic carbocycles. The van der Waals surface area contributed by atoms with Gasteiger partial charge in [0.05, 0.1) is 5.97 Å². The van der Waals surface area contributed by atoms with E-state index in [1.807, 2.05) is 0 Å². The summed E-state index contributed by atoms with van der Waals surface area (Å²) >= 11 is 2.74. The van der Waals surface area contributed by atoms with Gasteiger partial charge in [-0.05, 0) is 22.9 Å². The van der Waals surface area contributed by atoms with Gasteiger partial charge < -0.3 is 9.90 Å². The molecular weight excluding hydrogens is 361 g/mol. The zero-order chi connectivity index (χ0) is 5.86. The number of carboxylic acids is 1. The molecule has 4 heteroatoms. The molecule has 0 saturated carbocycles. The first kappa shape index (κ1) is 11.4. The molecule has 8 heavy (non-hydrogen) atoms. The monoisotopic (exact) mass is 365 g/mol. The fraction of sp³-hybridized carbons (Fsp3) is 0.250. The number of carbonyl (C=O) groups excluding carboxylic acids is 1. The summed E-state index contributed by atoms with van der Waals surface area (Å²) in [5.41, 5.74) is 0. The summed E-state index contributed by atoms with van der Waals surface area (Å²) < 4.78 is 0.0903. The predicted molar refractivity (Wildman–Crippen MR) is 27.7 cm³/mol. The minimum absolute atomic E-state index is 0. The van der Waals surface area contributed by atoms with Crippen molar-refractivity contribution in [3.8, 4) is 0 Å². The van der Waals surface area contributed by atoms with Crippen LogP contribution in [0.4, 0.5) is 0 Å². The van der Waals surface area contributed by atoms with Crippen LogP contribution in [0, 0.1) is 0 Å². The Balaban J connectivity index is 0. The van der Waals surface area contributed by atoms with Gasteiger partial charge in [-0.15, -0.1) is 0 Å². The zero-order valence-electron chi connectivity index (χ0n) is 4.48. The van der Waals surface area contributed by atoms with Crippen LogP contribution < -0.4 is 5.11 Å². The first-order valence-corrected chi connectivity index (χ1v) is 2.51. The Labute approximate surface area is 76.6 Å². The van der Waals surface area contributed by atoms with Crippen LogP contribution in [0.1, 0.15) is 6.92 Å². The second-order valence-corrected chi connectivity index (χ2v) is 1.78. The number of halogens is 1. The molecule has 41 valence electrons. The van der Waals surface area contributed by atoms with Crippen LogP contribution in [-0.2, 0) is 32.5 Å². The maximum atomic E-state index is 9.70. The molecule has 0 fully saturated rings. The molecule has 0 unspecified atom stereocenters. The van der Waals surface area contributed by atoms with Gasteiger partial charge in [0.15, 0.2) is 0 Å². The molecule has 0 rings (SSSR count). The molecular formula is C4H4BrHgO2. The molecule has 0 spiro atoms. The van der Waals surface area contributed by atoms with E-state index in [1.54, 1.807) is 6.92 Å². The molecule has 1 radical (unpaired) electrons. The average Bonchev–Trinajstić information content (AvgIpc) is 1.65. The van der Waals surface area contributed by atoms with Gasteiger partial charge in [-0.1, -0.05) is 6.08 Å². The van der Waals surface area contributed by atoms with Crippen molar-refractivity contribution >= 4 is 21.9 Å². The second kappa shape index (κ2) is 5.76. The molecule has 0 aromatic carbocycles. The summed E-state index contributed by atoms with van der Waals surface area (Å²) in [7, 11) is 0. The first-order chi connectivity index (χ1) is 3.18. The Kier molecular flexibility index (Phi) is 8.22. The Morgan fingerprint density at radius 1 is 1.75 bits per heavy atom. The summed E-state index contributed by atoms with van der Waals surface area (Å²) in [6.07, 6.45) is 1.41. The summed E-state index contributed by atoms with van der Waals surface area (Å²) in [4.78, 5) is 9.70. The number of hydrogen-bond donors (Lipinski definition) is 0. The van der Waals surface area contributed by atoms with Crippen molar-refractivity contribution in [2.75, 3.05) is 0 Å². The Morgan fingerprint density at radius 2 is 2.12 bits per heavy atom. The van der Waals surface area contributed by atoms with E-state index in [9.17, 15) is 9.90 Å². The van der Waals surface area contributed by atoms with Crippen molar-refractivity contribution in [1.29, 1.82) is 0 Å². The van der Waals surface area contributed by atoms with Crippen LogP contribution in [0.2, 0.25) is 0 Å². The summed E-state index contributed by atoms with van der Waals surface area (Å²) in [5, 5.41) is 9.70. The smallest absolute Gasteiger partial charge is 0.544 e. The number of rotatable bonds is 1. The van der Waals surface area contributed by atoms with E-state index >= 15 is 0 Å². The van der Waals surface area contributed by atoms with Crippen LogP contribution in [0.3, 0.4) is 0 Å². The number of aliphatic carboxylic acids is 1. The first-order valence-electron chi connectivity index (χ1n) is 1.71. The fourth-order valence-corrected chi connectivity index (χ4v) is 0.118. The van der Waals surface area contributed by atoms with E-state index in [2.05, 4.69) is 15.9 Å². The van der Waals surface area contributed by atoms with Crippen molar-refractivity contribution in [2.24, 2.45) is 0 Å². The van der Waals surface area contributed by atoms with E-state index in [-0.39, 0.29) is 32.2 Å². The van der Waals surface area contributed by atoms with E-state index < -0.39 is 5.97 Å². The normalized spacial score (nSPS) is 10.0. The summed E-state index contributed by atoms with van der Waals surface area (Å²) in [5.74, 6) is -1.18. The van der Waals surface area contributed by atoms with E-state index in [4.69, 9.17) is 0 Å². The van der Waals surface area contributed by atoms with E-state index in [0.717, 1.165) is 0 Å². The second-order valence-electron chi connectivity index (χ2n) is 0.924. The topological polar surface area (TPSA) is 40.1 Å². The molecule has 0 N–H and O–H groups in total. The van der Waals surface area contributed by atoms with Crippen molar-refractivity contribution in [3.63, 3.8) is 0 Å². The zero-order valence-corrected chi connectivity index (χ0v) is 11.6. The molecule has 0 bridgehead atoms. The van der Waals surface area contributed by atoms with Crippen LogP contribution in [0.25, 0.3) is 0 Å². The van der Waals surface area contributed by atoms with Crippen LogP contribution in [0.5, 0.6) is 0 Å². The third kappa shape index (κ3) is 4.78. The fourth-order valence-electron chi connectivity index (χ4n) is 0.118. The third-order valence-corrected chi connectivity index (χ3v) is 1.23. The predicted octanol–water partition coefficient (Wildman–Crippen LogP) is 0.0325. The summed E-state index contributed by atoms with van der Waals surface area (Å²) in [6.45, 7) is 1.61. The van der Waals surface area contributed by atoms with Crippen LogP contribution in [-0.4, -0.2) is 5.97 Å². The Hall–Kier alpha value is 0.625. The van der Waals surface area contributed by atoms with Gasteiger partial charge in [-0.2, -0.15) is 0 Å². The minimum Gasteiger partial charge on any atom is -0.544 e. The van der Waals surface area contributed by atoms with Gasteiger partial charge in [0, 0.05) is 4.48 Å². The van der Waals surface area contributed by atoms with Gasteiger partial charge in [0.2, 0.25) is 0 Å². The maximum absolute atomic E-state index is 9.70. The SMILES string of the molecule is C/C=C(\Br)C(=O)[O-].[Hg+]. The summed E-state index contributed by atoms with van der Waals surface area (Å²) in [6, 6.07) is 0. The average molecular weight is 365 g/mol. The quantitative estimate of drug-likeness (QED) is 0.487. The van der Waals surface area contributed by atoms with Crippen LogP contribution >= 0.6 is 15.9 Å². The number of carbonyl (C=O) groups is 1. The van der Waals surface area contributed by atoms with Gasteiger partial charge in [0.25, 0.3) is 0 Å². The van der Waals surface area contributed by atoms with Gasteiger partial charge >= 0.3 is 27.7 Å². The number of allylic oxidation sites excluding steroid dienone is 1. The standard InChI is InChI=1S/C4H5BrO2.Hg/c1-2-3(5)4(6)7;/h2H,1H3,(H,6,7);/q;+1/p-1/b3-2-;. The molecule has 0 heterocycles. The van der Waals surface area contributed by atoms with Gasteiger partial charge in [-0.25, -0.2) is 0 Å². The van der Waals surface area contributed by atoms with Crippen molar-refractivity contribution in [2.45, 2.75) is 6.92 Å². The number of carboxylic acid groups (broad SMARTS) is 1. The molecule has 0 aliphatic heterocycles. The number of hydrogen-bond acceptors (Lipinski definition) is 2. The third-order valence-electron chi connectivity index (χ3n) is 0.448. The molecule has 0 atom stereocenters. The molecule has 0 aliphatic rings. The minimum atomic E-state index is -1.18. The van der Waals surface area contributed by atoms with Gasteiger partial charge in [0.1, 0.15) is 0 Å².